The summed E-state index contributed by atoms with van der Waals surface area (Å²) in [5.41, 5.74) is 2.30. The maximum Gasteiger partial charge on any atom is 0.330 e. The highest BCUT2D eigenvalue weighted by Crippen LogP contribution is 2.32. The molecule has 0 aliphatic rings. The van der Waals surface area contributed by atoms with Gasteiger partial charge in [-0.05, 0) is 23.3 Å². The normalized spacial score (nSPS) is 12.3. The molecular formula is C21H24O4. The molecule has 0 aliphatic heterocycles. The quantitative estimate of drug-likeness (QED) is 0.590. The molecule has 1 N–H and O–H groups in total. The first-order valence-electron chi connectivity index (χ1n) is 8.19. The first kappa shape index (κ1) is 18.7. The van der Waals surface area contributed by atoms with E-state index in [1.165, 1.54) is 11.1 Å². The summed E-state index contributed by atoms with van der Waals surface area (Å²) in [6.07, 6.45) is 0.171. The largest absolute Gasteiger partial charge is 0.491 e. The van der Waals surface area contributed by atoms with E-state index in [0.29, 0.717) is 5.75 Å². The summed E-state index contributed by atoms with van der Waals surface area (Å²) < 4.78 is 10.3. The first-order valence-corrected chi connectivity index (χ1v) is 8.19. The van der Waals surface area contributed by atoms with Crippen LogP contribution in [0, 0.1) is 0 Å². The second-order valence-electron chi connectivity index (χ2n) is 6.31. The van der Waals surface area contributed by atoms with Crippen molar-refractivity contribution in [3.8, 4) is 5.75 Å². The van der Waals surface area contributed by atoms with Crippen molar-refractivity contribution in [1.82, 2.24) is 0 Å². The van der Waals surface area contributed by atoms with Gasteiger partial charge in [-0.25, -0.2) is 4.79 Å². The topological polar surface area (TPSA) is 55.8 Å². The summed E-state index contributed by atoms with van der Waals surface area (Å²) in [6, 6.07) is 18.1. The molecule has 1 atom stereocenters. The molecule has 2 aromatic rings. The Hall–Kier alpha value is -2.59. The van der Waals surface area contributed by atoms with Gasteiger partial charge in [0.15, 0.2) is 0 Å². The fourth-order valence-corrected chi connectivity index (χ4v) is 2.47. The molecule has 0 aliphatic carbocycles. The molecule has 25 heavy (non-hydrogen) atoms. The zero-order valence-electron chi connectivity index (χ0n) is 14.6. The Morgan fingerprint density at radius 2 is 1.68 bits per heavy atom. The maximum absolute atomic E-state index is 10.9. The minimum absolute atomic E-state index is 0.0475. The highest BCUT2D eigenvalue weighted by atomic mass is 16.5. The molecule has 132 valence electrons. The van der Waals surface area contributed by atoms with Crippen molar-refractivity contribution in [1.29, 1.82) is 0 Å². The van der Waals surface area contributed by atoms with Crippen LogP contribution in [0.1, 0.15) is 25.0 Å². The lowest BCUT2D eigenvalue weighted by molar-refractivity contribution is -0.141. The number of benzene rings is 2. The van der Waals surface area contributed by atoms with Crippen LogP contribution in [-0.2, 0) is 14.9 Å². The molecule has 0 radical (unpaired) electrons. The van der Waals surface area contributed by atoms with Gasteiger partial charge in [-0.15, -0.1) is 0 Å². The smallest absolute Gasteiger partial charge is 0.330 e. The molecule has 2 rings (SSSR count). The highest BCUT2D eigenvalue weighted by Gasteiger charge is 2.22. The second kappa shape index (κ2) is 8.49. The van der Waals surface area contributed by atoms with Gasteiger partial charge < -0.3 is 14.6 Å². The van der Waals surface area contributed by atoms with Crippen LogP contribution < -0.4 is 4.74 Å². The second-order valence-corrected chi connectivity index (χ2v) is 6.31. The Bertz CT molecular complexity index is 690. The Kier molecular flexibility index (Phi) is 6.37. The van der Waals surface area contributed by atoms with Gasteiger partial charge in [-0.1, -0.05) is 62.9 Å². The van der Waals surface area contributed by atoms with Crippen molar-refractivity contribution in [3.63, 3.8) is 0 Å². The predicted molar refractivity (Wildman–Crippen MR) is 97.7 cm³/mol. The summed E-state index contributed by atoms with van der Waals surface area (Å²) in [5.74, 6) is 0.0910. The van der Waals surface area contributed by atoms with Crippen molar-refractivity contribution < 1.29 is 19.4 Å². The number of aliphatic hydroxyl groups excluding tert-OH is 1. The Labute approximate surface area is 148 Å². The average molecular weight is 340 g/mol. The van der Waals surface area contributed by atoms with Crippen LogP contribution in [0.4, 0.5) is 0 Å². The monoisotopic (exact) mass is 340 g/mol. The SMILES string of the molecule is C=CC(=O)OCC(O)COc1ccc(C(C)(C)c2ccccc2)cc1. The highest BCUT2D eigenvalue weighted by molar-refractivity contribution is 5.81. The molecule has 0 amide bonds. The van der Waals surface area contributed by atoms with Gasteiger partial charge in [0, 0.05) is 11.5 Å². The van der Waals surface area contributed by atoms with Gasteiger partial charge in [-0.2, -0.15) is 0 Å². The number of ether oxygens (including phenoxy) is 2. The lowest BCUT2D eigenvalue weighted by Crippen LogP contribution is -2.24. The Balaban J connectivity index is 1.94. The third kappa shape index (κ3) is 5.19. The molecule has 0 aromatic heterocycles. The van der Waals surface area contributed by atoms with Crippen LogP contribution >= 0.6 is 0 Å². The molecule has 0 spiro atoms. The van der Waals surface area contributed by atoms with E-state index in [1.54, 1.807) is 0 Å². The summed E-state index contributed by atoms with van der Waals surface area (Å²) in [4.78, 5) is 10.9. The number of carbonyl (C=O) groups excluding carboxylic acids is 1. The number of carbonyl (C=O) groups is 1. The molecule has 2 aromatic carbocycles. The zero-order valence-corrected chi connectivity index (χ0v) is 14.6. The standard InChI is InChI=1S/C21H24O4/c1-4-20(23)25-15-18(22)14-24-19-12-10-17(11-13-19)21(2,3)16-8-6-5-7-9-16/h4-13,18,22H,1,14-15H2,2-3H3. The van der Waals surface area contributed by atoms with Gasteiger partial charge in [0.1, 0.15) is 25.1 Å². The van der Waals surface area contributed by atoms with Crippen LogP contribution in [0.3, 0.4) is 0 Å². The zero-order chi connectivity index (χ0) is 18.3. The van der Waals surface area contributed by atoms with Gasteiger partial charge in [-0.3, -0.25) is 0 Å². The van der Waals surface area contributed by atoms with Crippen LogP contribution in [0.15, 0.2) is 67.3 Å². The van der Waals surface area contributed by atoms with Gasteiger partial charge >= 0.3 is 5.97 Å². The molecule has 4 nitrogen and oxygen atoms in total. The number of aliphatic hydroxyl groups is 1. The summed E-state index contributed by atoms with van der Waals surface area (Å²) in [7, 11) is 0. The molecule has 1 unspecified atom stereocenters. The molecule has 4 heteroatoms. The van der Waals surface area contributed by atoms with Crippen molar-refractivity contribution in [3.05, 3.63) is 78.4 Å². The minimum atomic E-state index is -0.885. The number of esters is 1. The number of rotatable bonds is 8. The van der Waals surface area contributed by atoms with E-state index in [4.69, 9.17) is 9.47 Å². The third-order valence-electron chi connectivity index (χ3n) is 4.10. The van der Waals surface area contributed by atoms with E-state index < -0.39 is 12.1 Å². The van der Waals surface area contributed by atoms with Crippen molar-refractivity contribution in [2.45, 2.75) is 25.4 Å². The number of hydrogen-bond acceptors (Lipinski definition) is 4. The molecular weight excluding hydrogens is 316 g/mol. The lowest BCUT2D eigenvalue weighted by atomic mass is 9.78. The Morgan fingerprint density at radius 1 is 1.08 bits per heavy atom. The van der Waals surface area contributed by atoms with E-state index in [2.05, 4.69) is 32.6 Å². The van der Waals surface area contributed by atoms with E-state index in [0.717, 1.165) is 6.08 Å². The fraction of sp³-hybridized carbons (Fsp3) is 0.286. The summed E-state index contributed by atoms with van der Waals surface area (Å²) in [5, 5.41) is 9.75. The van der Waals surface area contributed by atoms with E-state index in [1.807, 2.05) is 42.5 Å². The molecule has 0 heterocycles. The average Bonchev–Trinajstić information content (AvgIpc) is 2.65. The maximum atomic E-state index is 10.9. The molecule has 0 saturated heterocycles. The van der Waals surface area contributed by atoms with E-state index in [-0.39, 0.29) is 18.6 Å². The van der Waals surface area contributed by atoms with Crippen LogP contribution in [-0.4, -0.2) is 30.4 Å². The summed E-state index contributed by atoms with van der Waals surface area (Å²) >= 11 is 0. The molecule has 0 saturated carbocycles. The van der Waals surface area contributed by atoms with Crippen molar-refractivity contribution in [2.75, 3.05) is 13.2 Å². The van der Waals surface area contributed by atoms with Gasteiger partial charge in [0.25, 0.3) is 0 Å². The lowest BCUT2D eigenvalue weighted by Gasteiger charge is -2.26. The fourth-order valence-electron chi connectivity index (χ4n) is 2.47. The molecule has 0 bridgehead atoms. The third-order valence-corrected chi connectivity index (χ3v) is 4.10. The van der Waals surface area contributed by atoms with Crippen molar-refractivity contribution >= 4 is 5.97 Å². The van der Waals surface area contributed by atoms with Crippen LogP contribution in [0.2, 0.25) is 0 Å². The Morgan fingerprint density at radius 3 is 2.28 bits per heavy atom. The van der Waals surface area contributed by atoms with Crippen LogP contribution in [0.25, 0.3) is 0 Å². The van der Waals surface area contributed by atoms with Gasteiger partial charge in [0.05, 0.1) is 0 Å². The van der Waals surface area contributed by atoms with Gasteiger partial charge in [0.2, 0.25) is 0 Å². The first-order chi connectivity index (χ1) is 11.9. The minimum Gasteiger partial charge on any atom is -0.491 e. The predicted octanol–water partition coefficient (Wildman–Crippen LogP) is 3.48. The van der Waals surface area contributed by atoms with Crippen molar-refractivity contribution in [2.24, 2.45) is 0 Å². The van der Waals surface area contributed by atoms with Crippen LogP contribution in [0.5, 0.6) is 5.75 Å². The molecule has 0 fully saturated rings. The summed E-state index contributed by atoms with van der Waals surface area (Å²) in [6.45, 7) is 7.57. The van der Waals surface area contributed by atoms with E-state index >= 15 is 0 Å². The number of hydrogen-bond donors (Lipinski definition) is 1. The van der Waals surface area contributed by atoms with E-state index in [9.17, 15) is 9.90 Å².